The van der Waals surface area contributed by atoms with Crippen LogP contribution in [-0.2, 0) is 76.2 Å². The Bertz CT molecular complexity index is 2080. The average Bonchev–Trinajstić information content (AvgIpc) is 3.26. The topological polar surface area (TPSA) is 283 Å². The summed E-state index contributed by atoms with van der Waals surface area (Å²) in [6.07, 6.45) is -0.196. The largest absolute Gasteiger partial charge is 0.481 e. The molecule has 0 aliphatic carbocycles. The van der Waals surface area contributed by atoms with Gasteiger partial charge in [0, 0.05) is 56.3 Å². The highest BCUT2D eigenvalue weighted by Crippen LogP contribution is 2.50. The van der Waals surface area contributed by atoms with Crippen LogP contribution in [0.3, 0.4) is 0 Å². The van der Waals surface area contributed by atoms with Crippen molar-refractivity contribution >= 4 is 41.8 Å². The number of rotatable bonds is 13. The second kappa shape index (κ2) is 25.4. The summed E-state index contributed by atoms with van der Waals surface area (Å²) in [5, 5.41) is 46.3. The molecule has 0 aromatic heterocycles. The van der Waals surface area contributed by atoms with Crippen LogP contribution >= 0.6 is 0 Å². The fourth-order valence-corrected chi connectivity index (χ4v) is 9.12. The van der Waals surface area contributed by atoms with E-state index in [-0.39, 0.29) is 50.5 Å². The third-order valence-electron chi connectivity index (χ3n) is 13.2. The van der Waals surface area contributed by atoms with E-state index < -0.39 is 138 Å². The first-order chi connectivity index (χ1) is 33.2. The molecule has 71 heavy (non-hydrogen) atoms. The van der Waals surface area contributed by atoms with Gasteiger partial charge in [0.2, 0.25) is 5.79 Å². The molecule has 4 heterocycles. The molecule has 4 rings (SSSR count). The smallest absolute Gasteiger partial charge is 0.331 e. The molecule has 4 aliphatic heterocycles. The highest BCUT2D eigenvalue weighted by Gasteiger charge is 2.59. The SMILES string of the molecule is CCC/C=C/C=C/C(=O)O[C@H]1/C(=C/C(=O)OC)C[C@H]2C[C@H]([C@@H](C)OC(=O)CCC(=O)O)OC(=O)C[C@H](O)C[C@@H]3C[C@H](OC(C)=O)C(C)(C)[C@](O)(C[C@@H]4C/C(=C/C(=O)OC)C[C@H](/C=C\C(C)(C)[C@]1(O)O2)O4)O3. The molecular weight excluding hydrogens is 933 g/mol. The highest BCUT2D eigenvalue weighted by atomic mass is 16.7. The quantitative estimate of drug-likeness (QED) is 0.0640. The van der Waals surface area contributed by atoms with Crippen molar-refractivity contribution in [1.29, 1.82) is 0 Å². The molecule has 0 saturated carbocycles. The summed E-state index contributed by atoms with van der Waals surface area (Å²) in [6, 6.07) is 0. The third kappa shape index (κ3) is 16.1. The number of unbranched alkanes of at least 4 members (excludes halogenated alkanes) is 1. The number of hydrogen-bond donors (Lipinski definition) is 4. The van der Waals surface area contributed by atoms with Crippen LogP contribution in [0.2, 0.25) is 0 Å². The number of ether oxygens (including phenoxy) is 9. The molecule has 0 aromatic rings. The number of carbonyl (C=O) groups excluding carboxylic acids is 6. The van der Waals surface area contributed by atoms with Crippen molar-refractivity contribution in [2.45, 2.75) is 192 Å². The molecule has 20 heteroatoms. The first kappa shape index (κ1) is 58.3. The maximum Gasteiger partial charge on any atom is 0.331 e. The predicted octanol–water partition coefficient (Wildman–Crippen LogP) is 4.70. The molecule has 0 amide bonds. The van der Waals surface area contributed by atoms with E-state index in [9.17, 15) is 54.0 Å². The fraction of sp³-hybridized carbons (Fsp3) is 0.667. The van der Waals surface area contributed by atoms with E-state index in [1.54, 1.807) is 45.9 Å². The number of carboxylic acids is 1. The number of allylic oxidation sites excluding steroid dienone is 3. The molecule has 0 radical (unpaired) electrons. The van der Waals surface area contributed by atoms with Crippen LogP contribution in [0.25, 0.3) is 0 Å². The molecule has 6 bridgehead atoms. The van der Waals surface area contributed by atoms with Gasteiger partial charge in [0.25, 0.3) is 0 Å². The molecule has 3 fully saturated rings. The number of cyclic esters (lactones) is 1. The van der Waals surface area contributed by atoms with Crippen molar-refractivity contribution < 1.29 is 96.6 Å². The summed E-state index contributed by atoms with van der Waals surface area (Å²) in [5.41, 5.74) is -2.32. The van der Waals surface area contributed by atoms with Gasteiger partial charge in [0.15, 0.2) is 11.9 Å². The lowest BCUT2D eigenvalue weighted by Gasteiger charge is -2.53. The summed E-state index contributed by atoms with van der Waals surface area (Å²) in [6.45, 7) is 11.0. The van der Waals surface area contributed by atoms with Gasteiger partial charge in [-0.15, -0.1) is 0 Å². The molecule has 4 aliphatic rings. The maximum atomic E-state index is 13.8. The first-order valence-corrected chi connectivity index (χ1v) is 23.9. The molecule has 0 aromatic carbocycles. The summed E-state index contributed by atoms with van der Waals surface area (Å²) in [5.74, 6) is -11.0. The van der Waals surface area contributed by atoms with Crippen LogP contribution in [0.4, 0.5) is 0 Å². The number of esters is 6. The van der Waals surface area contributed by atoms with E-state index in [4.69, 9.17) is 42.6 Å². The minimum atomic E-state index is -2.57. The van der Waals surface area contributed by atoms with Gasteiger partial charge in [-0.25, -0.2) is 14.4 Å². The number of aliphatic hydroxyl groups is 3. The van der Waals surface area contributed by atoms with Crippen molar-refractivity contribution in [2.75, 3.05) is 14.2 Å². The van der Waals surface area contributed by atoms with E-state index in [0.29, 0.717) is 5.57 Å². The van der Waals surface area contributed by atoms with Crippen LogP contribution in [0, 0.1) is 10.8 Å². The van der Waals surface area contributed by atoms with Gasteiger partial charge >= 0.3 is 41.8 Å². The van der Waals surface area contributed by atoms with E-state index in [2.05, 4.69) is 0 Å². The van der Waals surface area contributed by atoms with Gasteiger partial charge in [-0.05, 0) is 38.2 Å². The molecule has 11 atom stereocenters. The van der Waals surface area contributed by atoms with Gasteiger partial charge in [-0.1, -0.05) is 77.0 Å². The normalized spacial score (nSPS) is 33.3. The number of fused-ring (bicyclic) bond motifs is 6. The number of aliphatic carboxylic acids is 1. The lowest BCUT2D eigenvalue weighted by Crippen LogP contribution is -2.62. The number of hydrogen-bond acceptors (Lipinski definition) is 19. The minimum Gasteiger partial charge on any atom is -0.481 e. The standard InChI is InChI=1S/C51H72O20/c1-10-11-12-13-14-15-42(56)69-47-33(24-45(59)64-9)23-36-27-39(30(2)65-43(57)17-16-41(54)55)68-46(60)26-34(53)25-37-28-40(66-31(3)52)49(6,7)50(61,70-37)29-38-21-32(22-44(58)63-8)20-35(67-38)18-19-48(4,5)51(47,62)71-36/h12-15,18-19,22,24,30,34-40,47,53,61-62H,10-11,16-17,20-21,23,25-29H2,1-9H3,(H,54,55)/b13-12+,15-14+,19-18-,32-22+,33-24+/t30-,34-,35+,36+,37-,38+,39-,40+,47+,50+,51-/m1/s1. The molecular formula is C51H72O20. The highest BCUT2D eigenvalue weighted by molar-refractivity contribution is 5.85. The number of methoxy groups -OCH3 is 2. The Labute approximate surface area is 414 Å². The Morgan fingerprint density at radius 1 is 0.845 bits per heavy atom. The van der Waals surface area contributed by atoms with E-state index >= 15 is 0 Å². The predicted molar refractivity (Wildman–Crippen MR) is 249 cm³/mol. The lowest BCUT2D eigenvalue weighted by molar-refractivity contribution is -0.348. The van der Waals surface area contributed by atoms with Crippen molar-refractivity contribution in [1.82, 2.24) is 0 Å². The van der Waals surface area contributed by atoms with Crippen molar-refractivity contribution in [2.24, 2.45) is 10.8 Å². The zero-order chi connectivity index (χ0) is 52.9. The Morgan fingerprint density at radius 2 is 1.54 bits per heavy atom. The average molecular weight is 1010 g/mol. The van der Waals surface area contributed by atoms with Crippen molar-refractivity contribution in [3.05, 3.63) is 59.8 Å². The maximum absolute atomic E-state index is 13.8. The van der Waals surface area contributed by atoms with Crippen LogP contribution in [0.1, 0.15) is 126 Å². The second-order valence-electron chi connectivity index (χ2n) is 19.6. The fourth-order valence-electron chi connectivity index (χ4n) is 9.12. The second-order valence-corrected chi connectivity index (χ2v) is 19.6. The summed E-state index contributed by atoms with van der Waals surface area (Å²) in [7, 11) is 2.35. The lowest BCUT2D eigenvalue weighted by atomic mass is 9.70. The number of aliphatic hydroxyl groups excluding tert-OH is 1. The van der Waals surface area contributed by atoms with Crippen LogP contribution < -0.4 is 0 Å². The Morgan fingerprint density at radius 3 is 2.18 bits per heavy atom. The van der Waals surface area contributed by atoms with Gasteiger partial charge in [0.1, 0.15) is 18.3 Å². The number of carboxylic acid groups (broad SMARTS) is 1. The Kier molecular flexibility index (Phi) is 20.9. The third-order valence-corrected chi connectivity index (χ3v) is 13.2. The van der Waals surface area contributed by atoms with E-state index in [1.165, 1.54) is 33.1 Å². The van der Waals surface area contributed by atoms with Crippen LogP contribution in [-0.4, -0.2) is 143 Å². The van der Waals surface area contributed by atoms with Gasteiger partial charge in [-0.2, -0.15) is 0 Å². The molecule has 396 valence electrons. The molecule has 20 nitrogen and oxygen atoms in total. The zero-order valence-corrected chi connectivity index (χ0v) is 42.1. The van der Waals surface area contributed by atoms with Gasteiger partial charge < -0.3 is 63.1 Å². The Balaban J connectivity index is 1.93. The first-order valence-electron chi connectivity index (χ1n) is 23.9. The molecule has 3 saturated heterocycles. The van der Waals surface area contributed by atoms with E-state index in [1.807, 2.05) is 13.0 Å². The molecule has 4 N–H and O–H groups in total. The number of carbonyl (C=O) groups is 7. The van der Waals surface area contributed by atoms with Crippen molar-refractivity contribution in [3.63, 3.8) is 0 Å². The van der Waals surface area contributed by atoms with Gasteiger partial charge in [-0.3, -0.25) is 19.2 Å². The summed E-state index contributed by atoms with van der Waals surface area (Å²) in [4.78, 5) is 89.7. The summed E-state index contributed by atoms with van der Waals surface area (Å²) < 4.78 is 52.6. The minimum absolute atomic E-state index is 0.0123. The van der Waals surface area contributed by atoms with Crippen molar-refractivity contribution in [3.8, 4) is 0 Å². The monoisotopic (exact) mass is 1000 g/mol. The zero-order valence-electron chi connectivity index (χ0n) is 42.1. The van der Waals surface area contributed by atoms with Crippen LogP contribution in [0.5, 0.6) is 0 Å². The van der Waals surface area contributed by atoms with E-state index in [0.717, 1.165) is 32.1 Å². The van der Waals surface area contributed by atoms with Crippen LogP contribution in [0.15, 0.2) is 59.8 Å². The molecule has 0 unspecified atom stereocenters. The van der Waals surface area contributed by atoms with Gasteiger partial charge in [0.05, 0.1) is 69.4 Å². The Hall–Kier alpha value is -5.25. The summed E-state index contributed by atoms with van der Waals surface area (Å²) >= 11 is 0. The molecule has 0 spiro atoms.